The van der Waals surface area contributed by atoms with Crippen molar-refractivity contribution in [2.75, 3.05) is 12.4 Å². The molecule has 3 rings (SSSR count). The molecule has 5 nitrogen and oxygen atoms in total. The van der Waals surface area contributed by atoms with E-state index >= 15 is 0 Å². The molecular weight excluding hydrogens is 316 g/mol. The highest BCUT2D eigenvalue weighted by atomic mass is 19.1. The van der Waals surface area contributed by atoms with E-state index < -0.39 is 11.7 Å². The first-order valence-electron chi connectivity index (χ1n) is 7.03. The summed E-state index contributed by atoms with van der Waals surface area (Å²) in [5.74, 6) is -1.31. The summed E-state index contributed by atoms with van der Waals surface area (Å²) < 4.78 is 31.4. The zero-order valence-electron chi connectivity index (χ0n) is 12.6. The van der Waals surface area contributed by atoms with E-state index in [-0.39, 0.29) is 22.9 Å². The Balaban J connectivity index is 1.76. The van der Waals surface area contributed by atoms with Crippen LogP contribution in [0.25, 0.3) is 11.3 Å². The summed E-state index contributed by atoms with van der Waals surface area (Å²) in [5, 5.41) is 9.18. The summed E-state index contributed by atoms with van der Waals surface area (Å²) >= 11 is 0. The maximum absolute atomic E-state index is 13.6. The fraction of sp³-hybridized carbons (Fsp3) is 0.0588. The van der Waals surface area contributed by atoms with Gasteiger partial charge in [0.05, 0.1) is 12.8 Å². The van der Waals surface area contributed by atoms with Crippen molar-refractivity contribution in [2.45, 2.75) is 0 Å². The maximum Gasteiger partial charge on any atom is 0.273 e. The number of carbonyl (C=O) groups is 1. The van der Waals surface area contributed by atoms with Crippen LogP contribution in [0.15, 0.2) is 48.5 Å². The van der Waals surface area contributed by atoms with Crippen LogP contribution in [0.5, 0.6) is 5.75 Å². The van der Waals surface area contributed by atoms with E-state index in [0.29, 0.717) is 11.3 Å². The number of halogens is 2. The SMILES string of the molecule is COc1ccc(NC(=O)c2cc(-c3ccc(F)cc3)n[nH]2)cc1F. The number of amides is 1. The Labute approximate surface area is 136 Å². The van der Waals surface area contributed by atoms with E-state index in [0.717, 1.165) is 6.07 Å². The van der Waals surface area contributed by atoms with Gasteiger partial charge in [-0.1, -0.05) is 0 Å². The Bertz CT molecular complexity index is 876. The third-order valence-electron chi connectivity index (χ3n) is 3.37. The second kappa shape index (κ2) is 6.49. The lowest BCUT2D eigenvalue weighted by atomic mass is 10.1. The predicted octanol–water partition coefficient (Wildman–Crippen LogP) is 3.62. The van der Waals surface area contributed by atoms with Gasteiger partial charge in [-0.15, -0.1) is 0 Å². The van der Waals surface area contributed by atoms with Crippen LogP contribution in [0.4, 0.5) is 14.5 Å². The van der Waals surface area contributed by atoms with E-state index in [1.165, 1.54) is 37.4 Å². The quantitative estimate of drug-likeness (QED) is 0.768. The molecule has 0 saturated carbocycles. The fourth-order valence-electron chi connectivity index (χ4n) is 2.15. The van der Waals surface area contributed by atoms with Crippen molar-refractivity contribution in [1.82, 2.24) is 10.2 Å². The van der Waals surface area contributed by atoms with Gasteiger partial charge >= 0.3 is 0 Å². The molecule has 0 bridgehead atoms. The van der Waals surface area contributed by atoms with Gasteiger partial charge in [0.1, 0.15) is 11.5 Å². The number of methoxy groups -OCH3 is 1. The second-order valence-electron chi connectivity index (χ2n) is 4.98. The lowest BCUT2D eigenvalue weighted by molar-refractivity contribution is 0.102. The molecule has 2 N–H and O–H groups in total. The number of H-pyrrole nitrogens is 1. The molecule has 122 valence electrons. The van der Waals surface area contributed by atoms with Crippen molar-refractivity contribution < 1.29 is 18.3 Å². The van der Waals surface area contributed by atoms with Gasteiger partial charge < -0.3 is 10.1 Å². The molecule has 0 spiro atoms. The van der Waals surface area contributed by atoms with Crippen molar-refractivity contribution in [3.63, 3.8) is 0 Å². The molecule has 0 aliphatic heterocycles. The summed E-state index contributed by atoms with van der Waals surface area (Å²) in [6.45, 7) is 0. The molecule has 7 heteroatoms. The molecule has 0 aliphatic carbocycles. The molecule has 24 heavy (non-hydrogen) atoms. The first-order valence-corrected chi connectivity index (χ1v) is 7.03. The van der Waals surface area contributed by atoms with Crippen LogP contribution in [0.1, 0.15) is 10.5 Å². The average molecular weight is 329 g/mol. The summed E-state index contributed by atoms with van der Waals surface area (Å²) in [5.41, 5.74) is 1.66. The molecule has 0 unspecified atom stereocenters. The number of nitrogens with zero attached hydrogens (tertiary/aromatic N) is 1. The number of carbonyl (C=O) groups excluding carboxylic acids is 1. The molecule has 1 aromatic heterocycles. The van der Waals surface area contributed by atoms with Gasteiger partial charge in [0.25, 0.3) is 5.91 Å². The summed E-state index contributed by atoms with van der Waals surface area (Å²) in [6.07, 6.45) is 0. The summed E-state index contributed by atoms with van der Waals surface area (Å²) in [6, 6.07) is 11.4. The first kappa shape index (κ1) is 15.7. The van der Waals surface area contributed by atoms with Gasteiger partial charge in [-0.05, 0) is 42.5 Å². The zero-order chi connectivity index (χ0) is 17.1. The van der Waals surface area contributed by atoms with Gasteiger partial charge in [-0.25, -0.2) is 8.78 Å². The van der Waals surface area contributed by atoms with Crippen LogP contribution in [-0.4, -0.2) is 23.2 Å². The summed E-state index contributed by atoms with van der Waals surface area (Å²) in [7, 11) is 1.36. The normalized spacial score (nSPS) is 10.5. The smallest absolute Gasteiger partial charge is 0.273 e. The molecule has 1 heterocycles. The highest BCUT2D eigenvalue weighted by molar-refractivity contribution is 6.03. The minimum Gasteiger partial charge on any atom is -0.494 e. The molecule has 0 fully saturated rings. The van der Waals surface area contributed by atoms with Crippen LogP contribution in [0, 0.1) is 11.6 Å². The zero-order valence-corrected chi connectivity index (χ0v) is 12.6. The Hall–Kier alpha value is -3.22. The molecule has 0 saturated heterocycles. The lowest BCUT2D eigenvalue weighted by Gasteiger charge is -2.06. The van der Waals surface area contributed by atoms with Crippen LogP contribution in [-0.2, 0) is 0 Å². The minimum atomic E-state index is -0.577. The lowest BCUT2D eigenvalue weighted by Crippen LogP contribution is -2.12. The van der Waals surface area contributed by atoms with Crippen molar-refractivity contribution in [3.8, 4) is 17.0 Å². The fourth-order valence-corrected chi connectivity index (χ4v) is 2.15. The predicted molar refractivity (Wildman–Crippen MR) is 84.9 cm³/mol. The van der Waals surface area contributed by atoms with Gasteiger partial charge in [-0.2, -0.15) is 5.10 Å². The Morgan fingerprint density at radius 2 is 1.88 bits per heavy atom. The van der Waals surface area contributed by atoms with Crippen molar-refractivity contribution in [3.05, 3.63) is 65.9 Å². The largest absolute Gasteiger partial charge is 0.494 e. The first-order chi connectivity index (χ1) is 11.6. The van der Waals surface area contributed by atoms with Crippen LogP contribution in [0.2, 0.25) is 0 Å². The molecule has 2 aromatic carbocycles. The molecular formula is C17H13F2N3O2. The second-order valence-corrected chi connectivity index (χ2v) is 4.98. The highest BCUT2D eigenvalue weighted by Gasteiger charge is 2.12. The number of aromatic amines is 1. The van der Waals surface area contributed by atoms with Crippen LogP contribution in [0.3, 0.4) is 0 Å². The van der Waals surface area contributed by atoms with Crippen LogP contribution < -0.4 is 10.1 Å². The number of benzene rings is 2. The van der Waals surface area contributed by atoms with E-state index in [4.69, 9.17) is 4.74 Å². The monoisotopic (exact) mass is 329 g/mol. The van der Waals surface area contributed by atoms with Gasteiger partial charge in [-0.3, -0.25) is 9.89 Å². The Kier molecular flexibility index (Phi) is 4.24. The van der Waals surface area contributed by atoms with Crippen molar-refractivity contribution in [2.24, 2.45) is 0 Å². The van der Waals surface area contributed by atoms with E-state index in [2.05, 4.69) is 15.5 Å². The standard InChI is InChI=1S/C17H13F2N3O2/c1-24-16-7-6-12(8-13(16)19)20-17(23)15-9-14(21-22-15)10-2-4-11(18)5-3-10/h2-9H,1H3,(H,20,23)(H,21,22). The third kappa shape index (κ3) is 3.24. The number of aromatic nitrogens is 2. The van der Waals surface area contributed by atoms with Crippen molar-refractivity contribution in [1.29, 1.82) is 0 Å². The summed E-state index contributed by atoms with van der Waals surface area (Å²) in [4.78, 5) is 12.2. The van der Waals surface area contributed by atoms with Gasteiger partial charge in [0.2, 0.25) is 0 Å². The molecule has 1 amide bonds. The third-order valence-corrected chi connectivity index (χ3v) is 3.37. The molecule has 3 aromatic rings. The number of rotatable bonds is 4. The average Bonchev–Trinajstić information content (AvgIpc) is 3.06. The number of hydrogen-bond donors (Lipinski definition) is 2. The topological polar surface area (TPSA) is 67.0 Å². The van der Waals surface area contributed by atoms with E-state index in [1.54, 1.807) is 12.1 Å². The van der Waals surface area contributed by atoms with Gasteiger partial charge in [0.15, 0.2) is 11.6 Å². The Morgan fingerprint density at radius 3 is 2.54 bits per heavy atom. The number of hydrogen-bond acceptors (Lipinski definition) is 3. The number of ether oxygens (including phenoxy) is 1. The van der Waals surface area contributed by atoms with Crippen molar-refractivity contribution >= 4 is 11.6 Å². The molecule has 0 atom stereocenters. The maximum atomic E-state index is 13.6. The number of nitrogens with one attached hydrogen (secondary N) is 2. The molecule has 0 aliphatic rings. The van der Waals surface area contributed by atoms with Crippen LogP contribution >= 0.6 is 0 Å². The van der Waals surface area contributed by atoms with E-state index in [9.17, 15) is 13.6 Å². The van der Waals surface area contributed by atoms with E-state index in [1.807, 2.05) is 0 Å². The van der Waals surface area contributed by atoms with Gasteiger partial charge in [0, 0.05) is 17.3 Å². The highest BCUT2D eigenvalue weighted by Crippen LogP contribution is 2.22. The minimum absolute atomic E-state index is 0.0909. The molecule has 0 radical (unpaired) electrons. The number of anilines is 1. The Morgan fingerprint density at radius 1 is 1.12 bits per heavy atom.